The van der Waals surface area contributed by atoms with Crippen LogP contribution in [0.4, 0.5) is 0 Å². The molecule has 29 heavy (non-hydrogen) atoms. The van der Waals surface area contributed by atoms with Crippen molar-refractivity contribution in [1.29, 1.82) is 0 Å². The number of Topliss-reactive ketones (excluding diaryl/α,β-unsaturated/α-hetero) is 1. The van der Waals surface area contributed by atoms with Crippen molar-refractivity contribution in [3.63, 3.8) is 0 Å². The lowest BCUT2D eigenvalue weighted by molar-refractivity contribution is -0.145. The van der Waals surface area contributed by atoms with Crippen LogP contribution in [0.5, 0.6) is 5.75 Å². The van der Waals surface area contributed by atoms with Crippen LogP contribution in [0.25, 0.3) is 0 Å². The Balaban J connectivity index is 1.89. The van der Waals surface area contributed by atoms with Gasteiger partial charge in [-0.25, -0.2) is 4.79 Å². The Labute approximate surface area is 174 Å². The normalized spacial score (nSPS) is 10.5. The number of aryl methyl sites for hydroxylation is 2. The second-order valence-electron chi connectivity index (χ2n) is 6.55. The summed E-state index contributed by atoms with van der Waals surface area (Å²) in [4.78, 5) is 35.7. The Morgan fingerprint density at radius 3 is 2.41 bits per heavy atom. The number of hydrogen-bond donors (Lipinski definition) is 0. The van der Waals surface area contributed by atoms with Crippen molar-refractivity contribution in [3.8, 4) is 5.75 Å². The molecule has 0 spiro atoms. The first-order valence-corrected chi connectivity index (χ1v) is 9.42. The number of hydrogen-bond acceptors (Lipinski definition) is 6. The fourth-order valence-corrected chi connectivity index (χ4v) is 2.96. The van der Waals surface area contributed by atoms with E-state index in [1.165, 1.54) is 7.11 Å². The summed E-state index contributed by atoms with van der Waals surface area (Å²) in [5.41, 5.74) is 2.83. The molecule has 0 saturated carbocycles. The Bertz CT molecular complexity index is 918. The van der Waals surface area contributed by atoms with Gasteiger partial charge in [0.15, 0.2) is 13.2 Å². The number of benzene rings is 1. The summed E-state index contributed by atoms with van der Waals surface area (Å²) in [6, 6.07) is 6.76. The van der Waals surface area contributed by atoms with E-state index in [-0.39, 0.29) is 31.4 Å². The van der Waals surface area contributed by atoms with Gasteiger partial charge in [-0.1, -0.05) is 11.6 Å². The van der Waals surface area contributed by atoms with Crippen LogP contribution in [0.1, 0.15) is 33.7 Å². The zero-order valence-electron chi connectivity index (χ0n) is 16.9. The molecule has 8 heteroatoms. The highest BCUT2D eigenvalue weighted by Gasteiger charge is 2.18. The quantitative estimate of drug-likeness (QED) is 0.455. The Kier molecular flexibility index (Phi) is 7.84. The van der Waals surface area contributed by atoms with Crippen molar-refractivity contribution >= 4 is 29.3 Å². The lowest BCUT2D eigenvalue weighted by atomic mass is 10.1. The van der Waals surface area contributed by atoms with E-state index in [4.69, 9.17) is 21.1 Å². The lowest BCUT2D eigenvalue weighted by Crippen LogP contribution is -2.20. The summed E-state index contributed by atoms with van der Waals surface area (Å²) in [6.45, 7) is 5.16. The number of ether oxygens (including phenoxy) is 3. The standard InChI is InChI=1S/C21H24ClNO6/c1-13-9-16(5-6-18(13)22)28-12-21(26)29-11-19(24)17-10-14(2)23(15(17)3)8-7-20(25)27-4/h5-6,9-10H,7-8,11-12H2,1-4H3. The maximum atomic E-state index is 12.4. The topological polar surface area (TPSA) is 83.8 Å². The third-order valence-electron chi connectivity index (χ3n) is 4.49. The molecule has 0 radical (unpaired) electrons. The minimum Gasteiger partial charge on any atom is -0.482 e. The lowest BCUT2D eigenvalue weighted by Gasteiger charge is -2.09. The summed E-state index contributed by atoms with van der Waals surface area (Å²) < 4.78 is 16.9. The predicted molar refractivity (Wildman–Crippen MR) is 108 cm³/mol. The van der Waals surface area contributed by atoms with Gasteiger partial charge >= 0.3 is 11.9 Å². The number of halogens is 1. The van der Waals surface area contributed by atoms with Crippen molar-refractivity contribution in [2.24, 2.45) is 0 Å². The van der Waals surface area contributed by atoms with E-state index < -0.39 is 5.97 Å². The zero-order valence-corrected chi connectivity index (χ0v) is 17.7. The van der Waals surface area contributed by atoms with Crippen LogP contribution in [0.15, 0.2) is 24.3 Å². The van der Waals surface area contributed by atoms with Gasteiger partial charge in [-0.2, -0.15) is 0 Å². The molecule has 0 amide bonds. The van der Waals surface area contributed by atoms with Crippen molar-refractivity contribution in [2.45, 2.75) is 33.7 Å². The Morgan fingerprint density at radius 1 is 1.03 bits per heavy atom. The summed E-state index contributed by atoms with van der Waals surface area (Å²) in [7, 11) is 1.33. The van der Waals surface area contributed by atoms with Crippen molar-refractivity contribution in [1.82, 2.24) is 4.57 Å². The molecule has 1 aromatic heterocycles. The fourth-order valence-electron chi connectivity index (χ4n) is 2.85. The van der Waals surface area contributed by atoms with Crippen molar-refractivity contribution < 1.29 is 28.6 Å². The van der Waals surface area contributed by atoms with Crippen LogP contribution >= 0.6 is 11.6 Å². The van der Waals surface area contributed by atoms with Crippen molar-refractivity contribution in [3.05, 3.63) is 51.8 Å². The number of rotatable bonds is 9. The highest BCUT2D eigenvalue weighted by atomic mass is 35.5. The molecular formula is C21H24ClNO6. The minimum atomic E-state index is -0.648. The largest absolute Gasteiger partial charge is 0.482 e. The van der Waals surface area contributed by atoms with Gasteiger partial charge < -0.3 is 18.8 Å². The minimum absolute atomic E-state index is 0.205. The molecule has 2 rings (SSSR count). The van der Waals surface area contributed by atoms with Gasteiger partial charge in [0.1, 0.15) is 5.75 Å². The van der Waals surface area contributed by atoms with Crippen LogP contribution in [-0.2, 0) is 25.6 Å². The number of methoxy groups -OCH3 is 1. The van der Waals surface area contributed by atoms with Crippen LogP contribution < -0.4 is 4.74 Å². The molecule has 0 saturated heterocycles. The monoisotopic (exact) mass is 421 g/mol. The molecule has 0 unspecified atom stereocenters. The molecule has 0 bridgehead atoms. The number of ketones is 1. The van der Waals surface area contributed by atoms with E-state index in [0.29, 0.717) is 28.6 Å². The van der Waals surface area contributed by atoms with E-state index in [2.05, 4.69) is 4.74 Å². The maximum absolute atomic E-state index is 12.4. The molecule has 0 aliphatic carbocycles. The van der Waals surface area contributed by atoms with Gasteiger partial charge in [0.25, 0.3) is 0 Å². The number of carbonyl (C=O) groups excluding carboxylic acids is 3. The summed E-state index contributed by atoms with van der Waals surface area (Å²) >= 11 is 5.95. The average molecular weight is 422 g/mol. The summed E-state index contributed by atoms with van der Waals surface area (Å²) in [6.07, 6.45) is 0.205. The van der Waals surface area contributed by atoms with E-state index in [0.717, 1.165) is 11.3 Å². The molecule has 0 fully saturated rings. The van der Waals surface area contributed by atoms with Crippen LogP contribution in [0.3, 0.4) is 0 Å². The third kappa shape index (κ3) is 6.09. The van der Waals surface area contributed by atoms with Crippen LogP contribution in [0.2, 0.25) is 5.02 Å². The molecule has 0 aliphatic rings. The smallest absolute Gasteiger partial charge is 0.344 e. The molecule has 156 valence electrons. The summed E-state index contributed by atoms with van der Waals surface area (Å²) in [5, 5.41) is 0.606. The van der Waals surface area contributed by atoms with Gasteiger partial charge in [0.2, 0.25) is 5.78 Å². The highest BCUT2D eigenvalue weighted by molar-refractivity contribution is 6.31. The van der Waals surface area contributed by atoms with Gasteiger partial charge in [0, 0.05) is 28.5 Å². The van der Waals surface area contributed by atoms with Gasteiger partial charge in [-0.3, -0.25) is 9.59 Å². The number of aromatic nitrogens is 1. The molecule has 1 heterocycles. The molecule has 7 nitrogen and oxygen atoms in total. The average Bonchev–Trinajstić information content (AvgIpc) is 2.98. The number of nitrogens with zero attached hydrogens (tertiary/aromatic N) is 1. The van der Waals surface area contributed by atoms with Crippen LogP contribution in [-0.4, -0.2) is 42.6 Å². The molecule has 0 N–H and O–H groups in total. The van der Waals surface area contributed by atoms with Crippen molar-refractivity contribution in [2.75, 3.05) is 20.3 Å². The number of carbonyl (C=O) groups is 3. The molecule has 1 aromatic carbocycles. The highest BCUT2D eigenvalue weighted by Crippen LogP contribution is 2.21. The second-order valence-corrected chi connectivity index (χ2v) is 6.95. The fraction of sp³-hybridized carbons (Fsp3) is 0.381. The predicted octanol–water partition coefficient (Wildman–Crippen LogP) is 3.43. The van der Waals surface area contributed by atoms with Gasteiger partial charge in [-0.05, 0) is 50.6 Å². The van der Waals surface area contributed by atoms with E-state index in [1.807, 2.05) is 18.4 Å². The maximum Gasteiger partial charge on any atom is 0.344 e. The van der Waals surface area contributed by atoms with E-state index in [1.54, 1.807) is 31.2 Å². The molecule has 0 atom stereocenters. The van der Waals surface area contributed by atoms with Crippen LogP contribution in [0, 0.1) is 20.8 Å². The SMILES string of the molecule is COC(=O)CCn1c(C)cc(C(=O)COC(=O)COc2ccc(Cl)c(C)c2)c1C. The van der Waals surface area contributed by atoms with E-state index >= 15 is 0 Å². The zero-order chi connectivity index (χ0) is 21.6. The number of esters is 2. The third-order valence-corrected chi connectivity index (χ3v) is 4.92. The first kappa shape index (κ1) is 22.5. The second kappa shape index (κ2) is 10.1. The Hall–Kier alpha value is -2.80. The molecule has 0 aliphatic heterocycles. The molecular weight excluding hydrogens is 398 g/mol. The summed E-state index contributed by atoms with van der Waals surface area (Å²) in [5.74, 6) is -0.803. The Morgan fingerprint density at radius 2 is 1.76 bits per heavy atom. The van der Waals surface area contributed by atoms with Gasteiger partial charge in [-0.15, -0.1) is 0 Å². The first-order chi connectivity index (χ1) is 13.7. The van der Waals surface area contributed by atoms with E-state index in [9.17, 15) is 14.4 Å². The molecule has 2 aromatic rings. The van der Waals surface area contributed by atoms with Gasteiger partial charge in [0.05, 0.1) is 13.5 Å². The first-order valence-electron chi connectivity index (χ1n) is 9.04.